The molecule has 0 saturated carbocycles. The first-order valence-corrected chi connectivity index (χ1v) is 11.3. The molecule has 0 unspecified atom stereocenters. The van der Waals surface area contributed by atoms with E-state index in [9.17, 15) is 0 Å². The van der Waals surface area contributed by atoms with Crippen molar-refractivity contribution in [3.63, 3.8) is 0 Å². The Balaban J connectivity index is 1.47. The van der Waals surface area contributed by atoms with E-state index < -0.39 is 0 Å². The van der Waals surface area contributed by atoms with Gasteiger partial charge in [0.05, 0.1) is 22.1 Å². The van der Waals surface area contributed by atoms with Crippen molar-refractivity contribution >= 4 is 43.6 Å². The summed E-state index contributed by atoms with van der Waals surface area (Å²) in [5.41, 5.74) is 6.75. The second-order valence-corrected chi connectivity index (χ2v) is 9.34. The molecule has 6 rings (SSSR count). The van der Waals surface area contributed by atoms with Crippen LogP contribution in [0.4, 0.5) is 0 Å². The molecular weight excluding hydrogens is 392 g/mol. The Kier molecular flexibility index (Phi) is 4.12. The molecule has 0 aliphatic heterocycles. The maximum absolute atomic E-state index is 4.75. The molecule has 2 N–H and O–H groups in total. The summed E-state index contributed by atoms with van der Waals surface area (Å²) in [4.78, 5) is 16.6. The third kappa shape index (κ3) is 2.90. The molecule has 0 aliphatic rings. The van der Waals surface area contributed by atoms with Crippen LogP contribution in [0.2, 0.25) is 0 Å². The summed E-state index contributed by atoms with van der Waals surface area (Å²) in [6, 6.07) is 22.0. The van der Waals surface area contributed by atoms with E-state index in [-0.39, 0.29) is 0 Å². The van der Waals surface area contributed by atoms with E-state index in [4.69, 9.17) is 9.97 Å². The SMILES string of the molecule is CC(C)c1nc2ccc3cc(-c4ccc5c(ccc6nc(C(C)C)[nH]c65)c4)ccc3c2[nH]1. The zero-order chi connectivity index (χ0) is 22.0. The fourth-order valence-corrected chi connectivity index (χ4v) is 4.56. The Hall–Kier alpha value is -3.66. The number of fused-ring (bicyclic) bond motifs is 6. The van der Waals surface area contributed by atoms with Crippen LogP contribution in [0.25, 0.3) is 54.7 Å². The highest BCUT2D eigenvalue weighted by atomic mass is 14.9. The van der Waals surface area contributed by atoms with Crippen molar-refractivity contribution < 1.29 is 0 Å². The maximum atomic E-state index is 4.75. The summed E-state index contributed by atoms with van der Waals surface area (Å²) in [5.74, 6) is 2.84. The number of hydrogen-bond donors (Lipinski definition) is 2. The minimum atomic E-state index is 0.382. The molecule has 0 fully saturated rings. The predicted molar refractivity (Wildman–Crippen MR) is 134 cm³/mol. The van der Waals surface area contributed by atoms with E-state index in [2.05, 4.69) is 98.3 Å². The van der Waals surface area contributed by atoms with Crippen molar-refractivity contribution in [2.75, 3.05) is 0 Å². The smallest absolute Gasteiger partial charge is 0.109 e. The monoisotopic (exact) mass is 418 g/mol. The molecule has 0 amide bonds. The molecule has 0 atom stereocenters. The van der Waals surface area contributed by atoms with E-state index >= 15 is 0 Å². The van der Waals surface area contributed by atoms with Gasteiger partial charge in [0, 0.05) is 22.6 Å². The normalized spacial score (nSPS) is 12.3. The van der Waals surface area contributed by atoms with Gasteiger partial charge in [0.25, 0.3) is 0 Å². The minimum Gasteiger partial charge on any atom is -0.341 e. The highest BCUT2D eigenvalue weighted by molar-refractivity contribution is 6.07. The van der Waals surface area contributed by atoms with Crippen LogP contribution >= 0.6 is 0 Å². The first-order valence-electron chi connectivity index (χ1n) is 11.3. The summed E-state index contributed by atoms with van der Waals surface area (Å²) in [5, 5.41) is 4.87. The zero-order valence-electron chi connectivity index (χ0n) is 18.8. The van der Waals surface area contributed by atoms with Gasteiger partial charge in [-0.15, -0.1) is 0 Å². The lowest BCUT2D eigenvalue weighted by Crippen LogP contribution is -1.88. The van der Waals surface area contributed by atoms with Crippen LogP contribution in [0, 0.1) is 0 Å². The number of aromatic amines is 2. The summed E-state index contributed by atoms with van der Waals surface area (Å²) in [6.07, 6.45) is 0. The maximum Gasteiger partial charge on any atom is 0.109 e. The van der Waals surface area contributed by atoms with Crippen LogP contribution in [-0.2, 0) is 0 Å². The van der Waals surface area contributed by atoms with E-state index in [1.165, 1.54) is 32.7 Å². The minimum absolute atomic E-state index is 0.382. The molecule has 4 nitrogen and oxygen atoms in total. The quantitative estimate of drug-likeness (QED) is 0.310. The van der Waals surface area contributed by atoms with Crippen molar-refractivity contribution in [3.05, 3.63) is 72.3 Å². The van der Waals surface area contributed by atoms with Gasteiger partial charge in [-0.2, -0.15) is 0 Å². The summed E-state index contributed by atoms with van der Waals surface area (Å²) in [6.45, 7) is 8.66. The molecule has 0 saturated heterocycles. The second-order valence-electron chi connectivity index (χ2n) is 9.34. The molecule has 158 valence electrons. The number of rotatable bonds is 3. The lowest BCUT2D eigenvalue weighted by atomic mass is 9.98. The van der Waals surface area contributed by atoms with Gasteiger partial charge in [-0.25, -0.2) is 9.97 Å². The number of benzene rings is 4. The van der Waals surface area contributed by atoms with Gasteiger partial charge in [0.15, 0.2) is 0 Å². The molecule has 0 radical (unpaired) electrons. The lowest BCUT2D eigenvalue weighted by molar-refractivity contribution is 0.799. The van der Waals surface area contributed by atoms with E-state index in [0.717, 1.165) is 33.7 Å². The van der Waals surface area contributed by atoms with Gasteiger partial charge in [0.1, 0.15) is 11.6 Å². The molecule has 4 heteroatoms. The first-order chi connectivity index (χ1) is 15.5. The van der Waals surface area contributed by atoms with Gasteiger partial charge in [-0.3, -0.25) is 0 Å². The molecule has 32 heavy (non-hydrogen) atoms. The van der Waals surface area contributed by atoms with E-state index in [1.807, 2.05) is 0 Å². The van der Waals surface area contributed by atoms with Crippen LogP contribution in [0.5, 0.6) is 0 Å². The van der Waals surface area contributed by atoms with Crippen molar-refractivity contribution in [2.24, 2.45) is 0 Å². The number of imidazole rings is 2. The van der Waals surface area contributed by atoms with E-state index in [0.29, 0.717) is 11.8 Å². The van der Waals surface area contributed by atoms with Crippen LogP contribution in [0.3, 0.4) is 0 Å². The van der Waals surface area contributed by atoms with Crippen LogP contribution < -0.4 is 0 Å². The molecule has 0 spiro atoms. The highest BCUT2D eigenvalue weighted by Gasteiger charge is 2.12. The van der Waals surface area contributed by atoms with Crippen molar-refractivity contribution in [3.8, 4) is 11.1 Å². The highest BCUT2D eigenvalue weighted by Crippen LogP contribution is 2.33. The number of hydrogen-bond acceptors (Lipinski definition) is 2. The Morgan fingerprint density at radius 3 is 1.41 bits per heavy atom. The van der Waals surface area contributed by atoms with Gasteiger partial charge >= 0.3 is 0 Å². The fourth-order valence-electron chi connectivity index (χ4n) is 4.56. The zero-order valence-corrected chi connectivity index (χ0v) is 18.8. The summed E-state index contributed by atoms with van der Waals surface area (Å²) >= 11 is 0. The molecule has 2 heterocycles. The van der Waals surface area contributed by atoms with Crippen molar-refractivity contribution in [1.29, 1.82) is 0 Å². The first kappa shape index (κ1) is 19.1. The average molecular weight is 419 g/mol. The molecule has 2 aromatic heterocycles. The third-order valence-electron chi connectivity index (χ3n) is 6.41. The third-order valence-corrected chi connectivity index (χ3v) is 6.41. The molecule has 6 aromatic rings. The Labute approximate surface area is 186 Å². The number of nitrogens with zero attached hydrogens (tertiary/aromatic N) is 2. The standard InChI is InChI=1S/C28H26N4/c1-15(2)27-29-23-11-7-19-13-17(5-9-21(19)25(23)31-27)18-6-10-22-20(14-18)8-12-24-26(22)32-28(30-24)16(3)4/h5-16H,1-4H3,(H,29,31)(H,30,32). The Morgan fingerprint density at radius 2 is 1.00 bits per heavy atom. The van der Waals surface area contributed by atoms with E-state index in [1.54, 1.807) is 0 Å². The molecule has 4 aromatic carbocycles. The van der Waals surface area contributed by atoms with Gasteiger partial charge in [-0.1, -0.05) is 64.1 Å². The lowest BCUT2D eigenvalue weighted by Gasteiger charge is -2.07. The summed E-state index contributed by atoms with van der Waals surface area (Å²) in [7, 11) is 0. The predicted octanol–water partition coefficient (Wildman–Crippen LogP) is 7.66. The van der Waals surface area contributed by atoms with Crippen LogP contribution in [-0.4, -0.2) is 19.9 Å². The Morgan fingerprint density at radius 1 is 0.562 bits per heavy atom. The Bertz CT molecular complexity index is 1510. The van der Waals surface area contributed by atoms with Gasteiger partial charge in [-0.05, 0) is 46.2 Å². The van der Waals surface area contributed by atoms with Gasteiger partial charge in [0.2, 0.25) is 0 Å². The number of aromatic nitrogens is 4. The topological polar surface area (TPSA) is 57.4 Å². The number of H-pyrrole nitrogens is 2. The molecule has 0 bridgehead atoms. The fraction of sp³-hybridized carbons (Fsp3) is 0.214. The van der Waals surface area contributed by atoms with Crippen molar-refractivity contribution in [1.82, 2.24) is 19.9 Å². The van der Waals surface area contributed by atoms with Gasteiger partial charge < -0.3 is 9.97 Å². The van der Waals surface area contributed by atoms with Crippen LogP contribution in [0.15, 0.2) is 60.7 Å². The molecular formula is C28H26N4. The molecule has 0 aliphatic carbocycles. The average Bonchev–Trinajstić information content (AvgIpc) is 3.43. The van der Waals surface area contributed by atoms with Crippen molar-refractivity contribution in [2.45, 2.75) is 39.5 Å². The summed E-state index contributed by atoms with van der Waals surface area (Å²) < 4.78 is 0. The largest absolute Gasteiger partial charge is 0.341 e. The van der Waals surface area contributed by atoms with Crippen LogP contribution in [0.1, 0.15) is 51.2 Å². The number of nitrogens with one attached hydrogen (secondary N) is 2. The second kappa shape index (κ2) is 6.92.